The Labute approximate surface area is 139 Å². The van der Waals surface area contributed by atoms with Gasteiger partial charge in [-0.15, -0.1) is 0 Å². The molecule has 1 N–H and O–H groups in total. The maximum atomic E-state index is 5.49. The van der Waals surface area contributed by atoms with E-state index in [0.29, 0.717) is 12.0 Å². The van der Waals surface area contributed by atoms with Crippen molar-refractivity contribution < 1.29 is 4.74 Å². The standard InChI is InChI=1S/C15H24Br2N2O/c1-10(2)14(9-19(3)4)18-8-11-6-12(16)7-13(17)15(11)20-5/h6-7,10,14,18H,8-9H2,1-5H3. The Hall–Kier alpha value is -0.100. The Morgan fingerprint density at radius 1 is 1.25 bits per heavy atom. The molecule has 0 aliphatic heterocycles. The van der Waals surface area contributed by atoms with E-state index in [1.165, 1.54) is 0 Å². The van der Waals surface area contributed by atoms with Gasteiger partial charge in [0.05, 0.1) is 11.6 Å². The van der Waals surface area contributed by atoms with E-state index in [1.54, 1.807) is 7.11 Å². The van der Waals surface area contributed by atoms with Crippen LogP contribution < -0.4 is 10.1 Å². The lowest BCUT2D eigenvalue weighted by Crippen LogP contribution is -2.41. The van der Waals surface area contributed by atoms with Crippen molar-refractivity contribution in [3.63, 3.8) is 0 Å². The van der Waals surface area contributed by atoms with Gasteiger partial charge in [-0.1, -0.05) is 29.8 Å². The average molecular weight is 408 g/mol. The highest BCUT2D eigenvalue weighted by Gasteiger charge is 2.16. The zero-order valence-electron chi connectivity index (χ0n) is 12.8. The Kier molecular flexibility index (Phi) is 7.51. The molecule has 0 spiro atoms. The van der Waals surface area contributed by atoms with Gasteiger partial charge in [0.2, 0.25) is 0 Å². The highest BCUT2D eigenvalue weighted by atomic mass is 79.9. The molecule has 0 aliphatic carbocycles. The summed E-state index contributed by atoms with van der Waals surface area (Å²) in [5.41, 5.74) is 1.15. The number of nitrogens with one attached hydrogen (secondary N) is 1. The van der Waals surface area contributed by atoms with E-state index in [-0.39, 0.29) is 0 Å². The fraction of sp³-hybridized carbons (Fsp3) is 0.600. The average Bonchev–Trinajstić information content (AvgIpc) is 2.33. The highest BCUT2D eigenvalue weighted by Crippen LogP contribution is 2.32. The van der Waals surface area contributed by atoms with Crippen LogP contribution in [0.25, 0.3) is 0 Å². The first-order chi connectivity index (χ1) is 9.35. The molecule has 1 unspecified atom stereocenters. The van der Waals surface area contributed by atoms with Crippen molar-refractivity contribution in [2.24, 2.45) is 5.92 Å². The van der Waals surface area contributed by atoms with Crippen LogP contribution in [-0.4, -0.2) is 38.7 Å². The van der Waals surface area contributed by atoms with Crippen LogP contribution in [0.3, 0.4) is 0 Å². The van der Waals surface area contributed by atoms with Gasteiger partial charge >= 0.3 is 0 Å². The number of methoxy groups -OCH3 is 1. The lowest BCUT2D eigenvalue weighted by atomic mass is 10.0. The number of ether oxygens (including phenoxy) is 1. The van der Waals surface area contributed by atoms with Crippen molar-refractivity contribution in [2.75, 3.05) is 27.7 Å². The SMILES string of the molecule is COc1c(Br)cc(Br)cc1CNC(CN(C)C)C(C)C. The van der Waals surface area contributed by atoms with Gasteiger partial charge in [0, 0.05) is 29.2 Å². The first-order valence-electron chi connectivity index (χ1n) is 6.75. The van der Waals surface area contributed by atoms with Gasteiger partial charge in [0.15, 0.2) is 0 Å². The molecule has 1 rings (SSSR count). The van der Waals surface area contributed by atoms with Crippen LogP contribution in [0.2, 0.25) is 0 Å². The van der Waals surface area contributed by atoms with Gasteiger partial charge in [-0.25, -0.2) is 0 Å². The molecule has 1 aromatic carbocycles. The third-order valence-electron chi connectivity index (χ3n) is 3.21. The number of rotatable bonds is 7. The van der Waals surface area contributed by atoms with Crippen LogP contribution in [0.15, 0.2) is 21.1 Å². The van der Waals surface area contributed by atoms with Crippen LogP contribution in [-0.2, 0) is 6.54 Å². The monoisotopic (exact) mass is 406 g/mol. The van der Waals surface area contributed by atoms with E-state index in [1.807, 2.05) is 6.07 Å². The van der Waals surface area contributed by atoms with E-state index >= 15 is 0 Å². The van der Waals surface area contributed by atoms with E-state index in [9.17, 15) is 0 Å². The molecule has 3 nitrogen and oxygen atoms in total. The fourth-order valence-electron chi connectivity index (χ4n) is 2.12. The van der Waals surface area contributed by atoms with Crippen molar-refractivity contribution in [1.82, 2.24) is 10.2 Å². The smallest absolute Gasteiger partial charge is 0.137 e. The molecule has 5 heteroatoms. The Morgan fingerprint density at radius 3 is 2.40 bits per heavy atom. The van der Waals surface area contributed by atoms with Crippen LogP contribution in [0, 0.1) is 5.92 Å². The summed E-state index contributed by atoms with van der Waals surface area (Å²) in [6.07, 6.45) is 0. The van der Waals surface area contributed by atoms with Crippen LogP contribution in [0.5, 0.6) is 5.75 Å². The number of likely N-dealkylation sites (N-methyl/N-ethyl adjacent to an activating group) is 1. The predicted molar refractivity (Wildman–Crippen MR) is 92.4 cm³/mol. The molecule has 20 heavy (non-hydrogen) atoms. The first kappa shape index (κ1) is 18.0. The van der Waals surface area contributed by atoms with Gasteiger partial charge in [0.25, 0.3) is 0 Å². The van der Waals surface area contributed by atoms with Gasteiger partial charge in [-0.2, -0.15) is 0 Å². The summed E-state index contributed by atoms with van der Waals surface area (Å²) in [5.74, 6) is 1.48. The van der Waals surface area contributed by atoms with Gasteiger partial charge in [0.1, 0.15) is 5.75 Å². The van der Waals surface area contributed by atoms with Crippen molar-refractivity contribution >= 4 is 31.9 Å². The molecule has 0 aromatic heterocycles. The number of nitrogens with zero attached hydrogens (tertiary/aromatic N) is 1. The second-order valence-electron chi connectivity index (χ2n) is 5.57. The van der Waals surface area contributed by atoms with Gasteiger partial charge < -0.3 is 15.0 Å². The minimum atomic E-state index is 0.451. The summed E-state index contributed by atoms with van der Waals surface area (Å²) in [6, 6.07) is 4.55. The lowest BCUT2D eigenvalue weighted by molar-refractivity contribution is 0.286. The minimum Gasteiger partial charge on any atom is -0.495 e. The van der Waals surface area contributed by atoms with Gasteiger partial charge in [-0.05, 0) is 48.1 Å². The van der Waals surface area contributed by atoms with Crippen molar-refractivity contribution in [3.8, 4) is 5.75 Å². The first-order valence-corrected chi connectivity index (χ1v) is 8.33. The highest BCUT2D eigenvalue weighted by molar-refractivity contribution is 9.11. The van der Waals surface area contributed by atoms with Crippen LogP contribution >= 0.6 is 31.9 Å². The topological polar surface area (TPSA) is 24.5 Å². The molecule has 0 saturated carbocycles. The van der Waals surface area contributed by atoms with Crippen molar-refractivity contribution in [1.29, 1.82) is 0 Å². The zero-order valence-corrected chi connectivity index (χ0v) is 16.0. The molecule has 0 saturated heterocycles. The Bertz CT molecular complexity index is 436. The van der Waals surface area contributed by atoms with Gasteiger partial charge in [-0.3, -0.25) is 0 Å². The third-order valence-corrected chi connectivity index (χ3v) is 4.26. The summed E-state index contributed by atoms with van der Waals surface area (Å²) in [7, 11) is 5.91. The molecule has 0 amide bonds. The lowest BCUT2D eigenvalue weighted by Gasteiger charge is -2.26. The molecule has 0 aliphatic rings. The summed E-state index contributed by atoms with van der Waals surface area (Å²) >= 11 is 7.07. The third kappa shape index (κ3) is 5.35. The normalized spacial score (nSPS) is 13.1. The Morgan fingerprint density at radius 2 is 1.90 bits per heavy atom. The van der Waals surface area contributed by atoms with E-state index in [0.717, 1.165) is 33.3 Å². The minimum absolute atomic E-state index is 0.451. The van der Waals surface area contributed by atoms with E-state index < -0.39 is 0 Å². The number of hydrogen-bond acceptors (Lipinski definition) is 3. The molecule has 1 aromatic rings. The quantitative estimate of drug-likeness (QED) is 0.741. The fourth-order valence-corrected chi connectivity index (χ4v) is 3.59. The number of halogens is 2. The van der Waals surface area contributed by atoms with Crippen molar-refractivity contribution in [2.45, 2.75) is 26.4 Å². The number of hydrogen-bond donors (Lipinski definition) is 1. The zero-order chi connectivity index (χ0) is 15.3. The van der Waals surface area contributed by atoms with Crippen LogP contribution in [0.1, 0.15) is 19.4 Å². The molecule has 1 atom stereocenters. The second kappa shape index (κ2) is 8.37. The van der Waals surface area contributed by atoms with E-state index in [4.69, 9.17) is 4.74 Å². The van der Waals surface area contributed by atoms with Crippen LogP contribution in [0.4, 0.5) is 0 Å². The molecular weight excluding hydrogens is 384 g/mol. The Balaban J connectivity index is 2.82. The second-order valence-corrected chi connectivity index (χ2v) is 7.34. The maximum Gasteiger partial charge on any atom is 0.137 e. The van der Waals surface area contributed by atoms with E-state index in [2.05, 4.69) is 76.1 Å². The molecule has 0 radical (unpaired) electrons. The molecule has 114 valence electrons. The summed E-state index contributed by atoms with van der Waals surface area (Å²) in [6.45, 7) is 6.30. The molecule has 0 fully saturated rings. The largest absolute Gasteiger partial charge is 0.495 e. The summed E-state index contributed by atoms with van der Waals surface area (Å²) in [4.78, 5) is 2.21. The number of benzene rings is 1. The summed E-state index contributed by atoms with van der Waals surface area (Å²) < 4.78 is 7.51. The maximum absolute atomic E-state index is 5.49. The predicted octanol–water partition coefficient (Wildman–Crippen LogP) is 3.90. The molecule has 0 bridgehead atoms. The summed E-state index contributed by atoms with van der Waals surface area (Å²) in [5, 5.41) is 3.63. The molecular formula is C15H24Br2N2O. The van der Waals surface area contributed by atoms with Crippen molar-refractivity contribution in [3.05, 3.63) is 26.6 Å². The molecule has 0 heterocycles.